The molecule has 1 spiro atoms. The van der Waals surface area contributed by atoms with Crippen LogP contribution in [0.25, 0.3) is 0 Å². The number of benzene rings is 1. The quantitative estimate of drug-likeness (QED) is 0.840. The van der Waals surface area contributed by atoms with Gasteiger partial charge in [0.2, 0.25) is 0 Å². The minimum absolute atomic E-state index is 0.383. The average molecular weight is 231 g/mol. The zero-order valence-corrected chi connectivity index (χ0v) is 9.99. The Morgan fingerprint density at radius 1 is 1.35 bits per heavy atom. The van der Waals surface area contributed by atoms with Gasteiger partial charge in [0.05, 0.1) is 5.41 Å². The van der Waals surface area contributed by atoms with Crippen molar-refractivity contribution < 1.29 is 9.90 Å². The number of rotatable bonds is 3. The van der Waals surface area contributed by atoms with E-state index >= 15 is 0 Å². The van der Waals surface area contributed by atoms with Crippen LogP contribution in [0.3, 0.4) is 0 Å². The predicted molar refractivity (Wildman–Crippen MR) is 66.2 cm³/mol. The van der Waals surface area contributed by atoms with Gasteiger partial charge in [-0.25, -0.2) is 0 Å². The first kappa shape index (κ1) is 10.6. The standard InChI is InChI=1S/C14H17NO2/c1-15-11-4-2-3-10(7-11)14(12(16)17)8-13(9-14)5-6-13/h2-4,7,15H,5-6,8-9H2,1H3,(H,16,17). The third kappa shape index (κ3) is 1.45. The van der Waals surface area contributed by atoms with Crippen molar-refractivity contribution in [2.75, 3.05) is 12.4 Å². The Labute approximate surface area is 101 Å². The third-order valence-corrected chi connectivity index (χ3v) is 4.42. The Bertz CT molecular complexity index is 469. The largest absolute Gasteiger partial charge is 0.481 e. The van der Waals surface area contributed by atoms with Crippen molar-refractivity contribution in [3.8, 4) is 0 Å². The Balaban J connectivity index is 1.96. The second-order valence-corrected chi connectivity index (χ2v) is 5.57. The minimum Gasteiger partial charge on any atom is -0.481 e. The van der Waals surface area contributed by atoms with Crippen molar-refractivity contribution >= 4 is 11.7 Å². The molecule has 0 aliphatic heterocycles. The highest BCUT2D eigenvalue weighted by Gasteiger charge is 2.64. The number of carbonyl (C=O) groups is 1. The van der Waals surface area contributed by atoms with Crippen LogP contribution in [0.5, 0.6) is 0 Å². The summed E-state index contributed by atoms with van der Waals surface area (Å²) in [6.07, 6.45) is 4.08. The lowest BCUT2D eigenvalue weighted by Gasteiger charge is -2.45. The molecule has 0 amide bonds. The molecular weight excluding hydrogens is 214 g/mol. The normalized spacial score (nSPS) is 22.9. The Hall–Kier alpha value is -1.51. The van der Waals surface area contributed by atoms with Gasteiger partial charge in [0.15, 0.2) is 0 Å². The van der Waals surface area contributed by atoms with Crippen LogP contribution in [0.2, 0.25) is 0 Å². The number of carboxylic acid groups (broad SMARTS) is 1. The van der Waals surface area contributed by atoms with Gasteiger partial charge in [-0.2, -0.15) is 0 Å². The molecular formula is C14H17NO2. The molecule has 0 bridgehead atoms. The monoisotopic (exact) mass is 231 g/mol. The van der Waals surface area contributed by atoms with Crippen LogP contribution in [-0.2, 0) is 10.2 Å². The van der Waals surface area contributed by atoms with Crippen molar-refractivity contribution in [1.82, 2.24) is 0 Å². The van der Waals surface area contributed by atoms with Crippen LogP contribution >= 0.6 is 0 Å². The van der Waals surface area contributed by atoms with Gasteiger partial charge in [0.25, 0.3) is 0 Å². The van der Waals surface area contributed by atoms with Crippen molar-refractivity contribution in [3.05, 3.63) is 29.8 Å². The highest BCUT2D eigenvalue weighted by atomic mass is 16.4. The average Bonchev–Trinajstić information content (AvgIpc) is 3.06. The summed E-state index contributed by atoms with van der Waals surface area (Å²) in [4.78, 5) is 11.6. The van der Waals surface area contributed by atoms with E-state index in [1.54, 1.807) is 0 Å². The molecule has 0 aromatic heterocycles. The molecule has 90 valence electrons. The zero-order chi connectivity index (χ0) is 12.1. The molecule has 3 nitrogen and oxygen atoms in total. The molecule has 1 aromatic rings. The third-order valence-electron chi connectivity index (χ3n) is 4.42. The fourth-order valence-corrected chi connectivity index (χ4v) is 3.21. The summed E-state index contributed by atoms with van der Waals surface area (Å²) < 4.78 is 0. The van der Waals surface area contributed by atoms with Gasteiger partial charge in [-0.05, 0) is 48.8 Å². The molecule has 2 fully saturated rings. The molecule has 0 heterocycles. The smallest absolute Gasteiger partial charge is 0.314 e. The van der Waals surface area contributed by atoms with E-state index in [4.69, 9.17) is 0 Å². The molecule has 2 aliphatic rings. The maximum absolute atomic E-state index is 11.6. The van der Waals surface area contributed by atoms with Crippen molar-refractivity contribution in [3.63, 3.8) is 0 Å². The second kappa shape index (κ2) is 3.25. The minimum atomic E-state index is -0.664. The van der Waals surface area contributed by atoms with Crippen LogP contribution in [-0.4, -0.2) is 18.1 Å². The van der Waals surface area contributed by atoms with E-state index < -0.39 is 11.4 Å². The molecule has 0 unspecified atom stereocenters. The number of hydrogen-bond acceptors (Lipinski definition) is 2. The molecule has 0 saturated heterocycles. The number of hydrogen-bond donors (Lipinski definition) is 2. The Morgan fingerprint density at radius 3 is 2.59 bits per heavy atom. The van der Waals surface area contributed by atoms with E-state index in [2.05, 4.69) is 5.32 Å². The Kier molecular flexibility index (Phi) is 2.03. The predicted octanol–water partition coefficient (Wildman–Crippen LogP) is 2.62. The Morgan fingerprint density at radius 2 is 2.06 bits per heavy atom. The second-order valence-electron chi connectivity index (χ2n) is 5.57. The lowest BCUT2D eigenvalue weighted by Crippen LogP contribution is -2.49. The van der Waals surface area contributed by atoms with E-state index in [0.29, 0.717) is 5.41 Å². The van der Waals surface area contributed by atoms with Crippen LogP contribution in [0.1, 0.15) is 31.2 Å². The van der Waals surface area contributed by atoms with Crippen molar-refractivity contribution in [2.45, 2.75) is 31.1 Å². The molecule has 3 rings (SSSR count). The summed E-state index contributed by atoms with van der Waals surface area (Å²) in [5.41, 5.74) is 1.70. The van der Waals surface area contributed by atoms with Gasteiger partial charge in [0, 0.05) is 12.7 Å². The summed E-state index contributed by atoms with van der Waals surface area (Å²) >= 11 is 0. The van der Waals surface area contributed by atoms with E-state index in [9.17, 15) is 9.90 Å². The van der Waals surface area contributed by atoms with Gasteiger partial charge < -0.3 is 10.4 Å². The number of nitrogens with one attached hydrogen (secondary N) is 1. The molecule has 0 radical (unpaired) electrons. The van der Waals surface area contributed by atoms with E-state index in [0.717, 1.165) is 24.1 Å². The van der Waals surface area contributed by atoms with Gasteiger partial charge in [-0.3, -0.25) is 4.79 Å². The van der Waals surface area contributed by atoms with E-state index in [1.165, 1.54) is 12.8 Å². The van der Waals surface area contributed by atoms with Gasteiger partial charge in [-0.15, -0.1) is 0 Å². The first-order valence-corrected chi connectivity index (χ1v) is 6.12. The van der Waals surface area contributed by atoms with E-state index in [-0.39, 0.29) is 0 Å². The molecule has 0 atom stereocenters. The lowest BCUT2D eigenvalue weighted by atomic mass is 9.56. The van der Waals surface area contributed by atoms with Gasteiger partial charge >= 0.3 is 5.97 Å². The van der Waals surface area contributed by atoms with Crippen LogP contribution in [0.4, 0.5) is 5.69 Å². The fraction of sp³-hybridized carbons (Fsp3) is 0.500. The molecule has 1 aromatic carbocycles. The highest BCUT2D eigenvalue weighted by molar-refractivity contribution is 5.84. The molecule has 3 heteroatoms. The summed E-state index contributed by atoms with van der Waals surface area (Å²) in [5.74, 6) is -0.664. The maximum atomic E-state index is 11.6. The molecule has 2 saturated carbocycles. The number of carboxylic acids is 1. The van der Waals surface area contributed by atoms with Crippen LogP contribution in [0.15, 0.2) is 24.3 Å². The summed E-state index contributed by atoms with van der Waals surface area (Å²) in [7, 11) is 1.86. The van der Waals surface area contributed by atoms with Gasteiger partial charge in [-0.1, -0.05) is 12.1 Å². The first-order chi connectivity index (χ1) is 8.10. The maximum Gasteiger partial charge on any atom is 0.314 e. The molecule has 2 aliphatic carbocycles. The summed E-state index contributed by atoms with van der Waals surface area (Å²) in [6, 6.07) is 7.82. The van der Waals surface area contributed by atoms with Crippen LogP contribution in [0, 0.1) is 5.41 Å². The number of anilines is 1. The highest BCUT2D eigenvalue weighted by Crippen LogP contribution is 2.69. The SMILES string of the molecule is CNc1cccc(C2(C(=O)O)CC3(CC3)C2)c1. The fourth-order valence-electron chi connectivity index (χ4n) is 3.21. The molecule has 17 heavy (non-hydrogen) atoms. The lowest BCUT2D eigenvalue weighted by molar-refractivity contribution is -0.150. The zero-order valence-electron chi connectivity index (χ0n) is 9.99. The van der Waals surface area contributed by atoms with Crippen molar-refractivity contribution in [1.29, 1.82) is 0 Å². The summed E-state index contributed by atoms with van der Waals surface area (Å²) in [6.45, 7) is 0. The van der Waals surface area contributed by atoms with Crippen LogP contribution < -0.4 is 5.32 Å². The van der Waals surface area contributed by atoms with E-state index in [1.807, 2.05) is 31.3 Å². The van der Waals surface area contributed by atoms with Gasteiger partial charge in [0.1, 0.15) is 0 Å². The number of aliphatic carboxylic acids is 1. The van der Waals surface area contributed by atoms with Crippen molar-refractivity contribution in [2.24, 2.45) is 5.41 Å². The summed E-state index contributed by atoms with van der Waals surface area (Å²) in [5, 5.41) is 12.6. The topological polar surface area (TPSA) is 49.3 Å². The molecule has 2 N–H and O–H groups in total. The first-order valence-electron chi connectivity index (χ1n) is 6.12.